The molecule has 1 aromatic heterocycles. The largest absolute Gasteiger partial charge is 0.392 e. The average Bonchev–Trinajstić information content (AvgIpc) is 2.35. The third-order valence-electron chi connectivity index (χ3n) is 2.47. The number of halogens is 2. The molecule has 2 rings (SSSR count). The molecule has 1 aromatic carbocycles. The molecule has 0 saturated heterocycles. The lowest BCUT2D eigenvalue weighted by molar-refractivity contribution is 0.275. The van der Waals surface area contributed by atoms with E-state index in [0.717, 1.165) is 0 Å². The summed E-state index contributed by atoms with van der Waals surface area (Å²) in [6.07, 6.45) is 0. The molecule has 0 atom stereocenters. The molecule has 0 radical (unpaired) electrons. The Kier molecular flexibility index (Phi) is 4.13. The maximum atomic E-state index is 13.4. The number of hydrogen-bond donors (Lipinski definition) is 3. The predicted molar refractivity (Wildman–Crippen MR) is 71.1 cm³/mol. The van der Waals surface area contributed by atoms with E-state index in [4.69, 9.17) is 22.4 Å². The number of aliphatic hydroxyl groups is 1. The molecule has 0 unspecified atom stereocenters. The molecule has 0 aliphatic rings. The summed E-state index contributed by atoms with van der Waals surface area (Å²) >= 11 is 5.74. The van der Waals surface area contributed by atoms with Gasteiger partial charge < -0.3 is 16.2 Å². The predicted octanol–water partition coefficient (Wildman–Crippen LogP) is 1.96. The molecule has 5 nitrogen and oxygen atoms in total. The molecule has 0 fully saturated rings. The van der Waals surface area contributed by atoms with E-state index in [-0.39, 0.29) is 23.3 Å². The van der Waals surface area contributed by atoms with Gasteiger partial charge in [-0.1, -0.05) is 23.7 Å². The Bertz CT molecular complexity index is 574. The minimum atomic E-state index is -0.443. The van der Waals surface area contributed by atoms with Crippen molar-refractivity contribution in [3.05, 3.63) is 46.4 Å². The van der Waals surface area contributed by atoms with E-state index < -0.39 is 5.82 Å². The molecule has 4 N–H and O–H groups in total. The van der Waals surface area contributed by atoms with Crippen LogP contribution in [0.1, 0.15) is 11.1 Å². The highest BCUT2D eigenvalue weighted by Crippen LogP contribution is 2.15. The minimum absolute atomic E-state index is 0.0665. The quantitative estimate of drug-likeness (QED) is 0.747. The molecule has 0 saturated carbocycles. The summed E-state index contributed by atoms with van der Waals surface area (Å²) in [6.45, 7) is 0.0347. The second-order valence-corrected chi connectivity index (χ2v) is 4.26. The first-order chi connectivity index (χ1) is 9.08. The van der Waals surface area contributed by atoms with Crippen molar-refractivity contribution in [1.82, 2.24) is 9.97 Å². The van der Waals surface area contributed by atoms with Crippen molar-refractivity contribution in [3.63, 3.8) is 0 Å². The lowest BCUT2D eigenvalue weighted by atomic mass is 10.1. The zero-order chi connectivity index (χ0) is 13.8. The van der Waals surface area contributed by atoms with Crippen molar-refractivity contribution < 1.29 is 9.50 Å². The van der Waals surface area contributed by atoms with Gasteiger partial charge in [0.15, 0.2) is 0 Å². The molecular formula is C12H12ClFN4O. The number of aliphatic hydroxyl groups excluding tert-OH is 1. The molecule has 0 aliphatic heterocycles. The molecular weight excluding hydrogens is 271 g/mol. The number of nitrogens with two attached hydrogens (primary N) is 1. The van der Waals surface area contributed by atoms with Crippen molar-refractivity contribution in [3.8, 4) is 0 Å². The maximum Gasteiger partial charge on any atom is 0.223 e. The smallest absolute Gasteiger partial charge is 0.223 e. The van der Waals surface area contributed by atoms with Crippen LogP contribution in [-0.2, 0) is 13.2 Å². The summed E-state index contributed by atoms with van der Waals surface area (Å²) in [4.78, 5) is 7.67. The number of rotatable bonds is 4. The summed E-state index contributed by atoms with van der Waals surface area (Å²) in [7, 11) is 0. The van der Waals surface area contributed by atoms with Crippen molar-refractivity contribution in [2.24, 2.45) is 0 Å². The van der Waals surface area contributed by atoms with Gasteiger partial charge in [0.25, 0.3) is 0 Å². The van der Waals surface area contributed by atoms with Gasteiger partial charge in [0.1, 0.15) is 16.8 Å². The molecule has 1 heterocycles. The molecule has 2 aromatic rings. The third kappa shape index (κ3) is 3.52. The van der Waals surface area contributed by atoms with Gasteiger partial charge >= 0.3 is 0 Å². The fourth-order valence-corrected chi connectivity index (χ4v) is 1.74. The van der Waals surface area contributed by atoms with Crippen LogP contribution >= 0.6 is 11.6 Å². The number of nitrogens with zero attached hydrogens (tertiary/aromatic N) is 2. The van der Waals surface area contributed by atoms with E-state index in [1.807, 2.05) is 0 Å². The van der Waals surface area contributed by atoms with E-state index in [1.54, 1.807) is 6.07 Å². The SMILES string of the molecule is Nc1nc(Cl)cc(NCc2ccc(CO)c(F)c2)n1. The van der Waals surface area contributed by atoms with E-state index >= 15 is 0 Å². The number of benzene rings is 1. The van der Waals surface area contributed by atoms with Gasteiger partial charge in [-0.05, 0) is 11.6 Å². The molecule has 0 bridgehead atoms. The summed E-state index contributed by atoms with van der Waals surface area (Å²) in [5.41, 5.74) is 6.43. The summed E-state index contributed by atoms with van der Waals surface area (Å²) in [5, 5.41) is 12.1. The molecule has 19 heavy (non-hydrogen) atoms. The fraction of sp³-hybridized carbons (Fsp3) is 0.167. The highest BCUT2D eigenvalue weighted by Gasteiger charge is 2.04. The van der Waals surface area contributed by atoms with Crippen LogP contribution in [0.15, 0.2) is 24.3 Å². The highest BCUT2D eigenvalue weighted by atomic mass is 35.5. The molecule has 0 spiro atoms. The van der Waals surface area contributed by atoms with Crippen LogP contribution in [-0.4, -0.2) is 15.1 Å². The van der Waals surface area contributed by atoms with Crippen LogP contribution in [0.2, 0.25) is 5.15 Å². The minimum Gasteiger partial charge on any atom is -0.392 e. The second kappa shape index (κ2) is 5.81. The third-order valence-corrected chi connectivity index (χ3v) is 2.67. The standard InChI is InChI=1S/C12H12ClFN4O/c13-10-4-11(18-12(15)17-10)16-5-7-1-2-8(6-19)9(14)3-7/h1-4,19H,5-6H2,(H3,15,16,17,18). The first-order valence-corrected chi connectivity index (χ1v) is 5.88. The Morgan fingerprint density at radius 3 is 2.74 bits per heavy atom. The van der Waals surface area contributed by atoms with Crippen LogP contribution in [0.25, 0.3) is 0 Å². The summed E-state index contributed by atoms with van der Waals surface area (Å²) in [5.74, 6) is 0.0861. The Morgan fingerprint density at radius 2 is 2.11 bits per heavy atom. The van der Waals surface area contributed by atoms with E-state index in [0.29, 0.717) is 17.9 Å². The van der Waals surface area contributed by atoms with Crippen molar-refractivity contribution in [1.29, 1.82) is 0 Å². The molecule has 0 amide bonds. The van der Waals surface area contributed by atoms with Crippen molar-refractivity contribution in [2.75, 3.05) is 11.1 Å². The maximum absolute atomic E-state index is 13.4. The second-order valence-electron chi connectivity index (χ2n) is 3.87. The highest BCUT2D eigenvalue weighted by molar-refractivity contribution is 6.29. The summed E-state index contributed by atoms with van der Waals surface area (Å²) in [6, 6.07) is 6.13. The van der Waals surface area contributed by atoms with Gasteiger partial charge in [-0.25, -0.2) is 9.37 Å². The molecule has 0 aliphatic carbocycles. The Balaban J connectivity index is 2.08. The van der Waals surface area contributed by atoms with Gasteiger partial charge in [-0.3, -0.25) is 0 Å². The van der Waals surface area contributed by atoms with Crippen molar-refractivity contribution >= 4 is 23.4 Å². The van der Waals surface area contributed by atoms with E-state index in [9.17, 15) is 4.39 Å². The summed E-state index contributed by atoms with van der Waals surface area (Å²) < 4.78 is 13.4. The lowest BCUT2D eigenvalue weighted by Crippen LogP contribution is -2.05. The van der Waals surface area contributed by atoms with Crippen LogP contribution < -0.4 is 11.1 Å². The molecule has 100 valence electrons. The van der Waals surface area contributed by atoms with Crippen molar-refractivity contribution in [2.45, 2.75) is 13.2 Å². The van der Waals surface area contributed by atoms with Gasteiger partial charge in [0, 0.05) is 18.2 Å². The normalized spacial score (nSPS) is 10.5. The van der Waals surface area contributed by atoms with Crippen LogP contribution in [0, 0.1) is 5.82 Å². The lowest BCUT2D eigenvalue weighted by Gasteiger charge is -2.08. The van der Waals surface area contributed by atoms with Gasteiger partial charge in [0.2, 0.25) is 5.95 Å². The number of nitrogen functional groups attached to an aromatic ring is 1. The van der Waals surface area contributed by atoms with Crippen LogP contribution in [0.5, 0.6) is 0 Å². The topological polar surface area (TPSA) is 84.1 Å². The average molecular weight is 283 g/mol. The Hall–Kier alpha value is -1.92. The number of anilines is 2. The van der Waals surface area contributed by atoms with Crippen LogP contribution in [0.3, 0.4) is 0 Å². The zero-order valence-electron chi connectivity index (χ0n) is 9.90. The van der Waals surface area contributed by atoms with Gasteiger partial charge in [0.05, 0.1) is 6.61 Å². The number of aromatic nitrogens is 2. The first kappa shape index (κ1) is 13.5. The van der Waals surface area contributed by atoms with E-state index in [2.05, 4.69) is 15.3 Å². The first-order valence-electron chi connectivity index (χ1n) is 5.50. The van der Waals surface area contributed by atoms with Crippen LogP contribution in [0.4, 0.5) is 16.2 Å². The zero-order valence-corrected chi connectivity index (χ0v) is 10.7. The van der Waals surface area contributed by atoms with Gasteiger partial charge in [-0.15, -0.1) is 0 Å². The monoisotopic (exact) mass is 282 g/mol. The fourth-order valence-electron chi connectivity index (χ4n) is 1.55. The van der Waals surface area contributed by atoms with E-state index in [1.165, 1.54) is 18.2 Å². The Morgan fingerprint density at radius 1 is 1.32 bits per heavy atom. The number of hydrogen-bond acceptors (Lipinski definition) is 5. The Labute approximate surface area is 114 Å². The molecule has 7 heteroatoms. The van der Waals surface area contributed by atoms with Gasteiger partial charge in [-0.2, -0.15) is 4.98 Å². The number of nitrogens with one attached hydrogen (secondary N) is 1.